The maximum Gasteiger partial charge on any atom is 0.322 e. The highest BCUT2D eigenvalue weighted by molar-refractivity contribution is 5.77. The van der Waals surface area contributed by atoms with Crippen molar-refractivity contribution in [1.29, 1.82) is 0 Å². The first-order chi connectivity index (χ1) is 11.9. The van der Waals surface area contributed by atoms with Gasteiger partial charge in [-0.2, -0.15) is 0 Å². The molecule has 0 bridgehead atoms. The lowest BCUT2D eigenvalue weighted by Crippen LogP contribution is -2.35. The monoisotopic (exact) mass is 336 g/mol. The molecule has 0 saturated heterocycles. The Morgan fingerprint density at radius 2 is 1.84 bits per heavy atom. The van der Waals surface area contributed by atoms with Crippen molar-refractivity contribution < 1.29 is 4.79 Å². The van der Waals surface area contributed by atoms with Gasteiger partial charge < -0.3 is 10.2 Å². The summed E-state index contributed by atoms with van der Waals surface area (Å²) in [7, 11) is 0. The zero-order valence-electron chi connectivity index (χ0n) is 15.4. The third-order valence-electron chi connectivity index (χ3n) is 5.61. The second-order valence-electron chi connectivity index (χ2n) is 7.71. The number of amides is 2. The third-order valence-corrected chi connectivity index (χ3v) is 5.61. The molecule has 3 heteroatoms. The van der Waals surface area contributed by atoms with Gasteiger partial charge in [0.15, 0.2) is 0 Å². The number of carbonyl (C=O) groups excluding carboxylic acids is 1. The number of urea groups is 1. The number of nitrogens with zero attached hydrogens (tertiary/aromatic N) is 1. The number of rotatable bonds is 4. The molecule has 3 nitrogen and oxygen atoms in total. The van der Waals surface area contributed by atoms with E-state index in [2.05, 4.69) is 50.5 Å². The lowest BCUT2D eigenvalue weighted by atomic mass is 9.81. The summed E-state index contributed by atoms with van der Waals surface area (Å²) in [6.07, 6.45) is 8.82. The van der Waals surface area contributed by atoms with E-state index < -0.39 is 0 Å². The number of aryl methyl sites for hydroxylation is 1. The molecule has 1 heterocycles. The Morgan fingerprint density at radius 1 is 1.16 bits per heavy atom. The van der Waals surface area contributed by atoms with Gasteiger partial charge in [0.25, 0.3) is 0 Å². The van der Waals surface area contributed by atoms with Crippen LogP contribution in [0.5, 0.6) is 0 Å². The topological polar surface area (TPSA) is 32.3 Å². The van der Waals surface area contributed by atoms with Gasteiger partial charge in [-0.1, -0.05) is 62.8 Å². The van der Waals surface area contributed by atoms with Crippen LogP contribution in [0.15, 0.2) is 54.8 Å². The molecule has 1 aliphatic carbocycles. The molecule has 2 amide bonds. The smallest absolute Gasteiger partial charge is 0.316 e. The second kappa shape index (κ2) is 6.91. The van der Waals surface area contributed by atoms with Gasteiger partial charge in [-0.15, -0.1) is 0 Å². The first kappa shape index (κ1) is 17.5. The van der Waals surface area contributed by atoms with Crippen LogP contribution in [0.25, 0.3) is 0 Å². The van der Waals surface area contributed by atoms with Gasteiger partial charge in [0.2, 0.25) is 0 Å². The summed E-state index contributed by atoms with van der Waals surface area (Å²) in [4.78, 5) is 14.3. The van der Waals surface area contributed by atoms with E-state index in [0.29, 0.717) is 18.8 Å². The minimum absolute atomic E-state index is 0.0961. The van der Waals surface area contributed by atoms with Crippen LogP contribution in [-0.2, 0) is 13.1 Å². The van der Waals surface area contributed by atoms with Crippen molar-refractivity contribution in [2.45, 2.75) is 52.6 Å². The van der Waals surface area contributed by atoms with Gasteiger partial charge in [0.1, 0.15) is 0 Å². The molecule has 2 aliphatic rings. The lowest BCUT2D eigenvalue weighted by Gasteiger charge is -2.24. The van der Waals surface area contributed by atoms with Crippen molar-refractivity contribution in [2.75, 3.05) is 0 Å². The number of carbonyl (C=O) groups is 1. The Balaban J connectivity index is 1.54. The van der Waals surface area contributed by atoms with E-state index in [1.54, 1.807) is 0 Å². The van der Waals surface area contributed by atoms with E-state index in [1.165, 1.54) is 42.4 Å². The molecule has 1 aliphatic heterocycles. The largest absolute Gasteiger partial charge is 0.322 e. The summed E-state index contributed by atoms with van der Waals surface area (Å²) in [5, 5.41) is 2.89. The van der Waals surface area contributed by atoms with Gasteiger partial charge in [-0.3, -0.25) is 0 Å². The average Bonchev–Trinajstić information content (AvgIpc) is 3.19. The van der Waals surface area contributed by atoms with Gasteiger partial charge in [0.05, 0.1) is 0 Å². The molecule has 0 aromatic heterocycles. The number of allylic oxidation sites excluding steroid dienone is 3. The Bertz CT molecular complexity index is 738. The van der Waals surface area contributed by atoms with Gasteiger partial charge in [-0.05, 0) is 48.0 Å². The van der Waals surface area contributed by atoms with Crippen LogP contribution < -0.4 is 5.32 Å². The summed E-state index contributed by atoms with van der Waals surface area (Å²) >= 11 is 0. The minimum Gasteiger partial charge on any atom is -0.316 e. The molecule has 132 valence electrons. The molecular weight excluding hydrogens is 308 g/mol. The highest BCUT2D eigenvalue weighted by Crippen LogP contribution is 2.43. The summed E-state index contributed by atoms with van der Waals surface area (Å²) < 4.78 is 0. The standard InChI is InChI=1S/C22H28N2O/c1-16-7-10-19-14-24(15-20(19)13-16)21(25)23-18(3)9-8-17(2)22(4)11-5-6-12-22/h7-10,13H,2-3,5-6,11-12,14-15H2,1,4H3,(H,23,25)/b9-8-. The maximum atomic E-state index is 12.5. The van der Waals surface area contributed by atoms with Gasteiger partial charge >= 0.3 is 6.03 Å². The van der Waals surface area contributed by atoms with Crippen molar-refractivity contribution in [3.63, 3.8) is 0 Å². The lowest BCUT2D eigenvalue weighted by molar-refractivity contribution is 0.201. The Labute approximate surface area is 151 Å². The fourth-order valence-electron chi connectivity index (χ4n) is 3.80. The molecule has 0 radical (unpaired) electrons. The molecular formula is C22H28N2O. The number of benzene rings is 1. The second-order valence-corrected chi connectivity index (χ2v) is 7.71. The van der Waals surface area contributed by atoms with E-state index in [4.69, 9.17) is 0 Å². The molecule has 0 spiro atoms. The quantitative estimate of drug-likeness (QED) is 0.751. The molecule has 25 heavy (non-hydrogen) atoms. The van der Waals surface area contributed by atoms with Gasteiger partial charge in [0, 0.05) is 18.8 Å². The van der Waals surface area contributed by atoms with Crippen molar-refractivity contribution in [1.82, 2.24) is 10.2 Å². The fraction of sp³-hybridized carbons (Fsp3) is 0.409. The number of nitrogens with one attached hydrogen (secondary N) is 1. The van der Waals surface area contributed by atoms with Crippen LogP contribution in [0.4, 0.5) is 4.79 Å². The summed E-state index contributed by atoms with van der Waals surface area (Å²) in [6.45, 7) is 13.9. The Hall–Kier alpha value is -2.29. The van der Waals surface area contributed by atoms with E-state index in [-0.39, 0.29) is 11.4 Å². The Morgan fingerprint density at radius 3 is 2.56 bits per heavy atom. The summed E-state index contributed by atoms with van der Waals surface area (Å²) in [5.41, 5.74) is 5.63. The molecule has 1 N–H and O–H groups in total. The van der Waals surface area contributed by atoms with Crippen LogP contribution >= 0.6 is 0 Å². The van der Waals surface area contributed by atoms with Crippen molar-refractivity contribution in [3.05, 3.63) is 71.5 Å². The highest BCUT2D eigenvalue weighted by atomic mass is 16.2. The van der Waals surface area contributed by atoms with Crippen LogP contribution in [0, 0.1) is 12.3 Å². The number of hydrogen-bond acceptors (Lipinski definition) is 1. The summed E-state index contributed by atoms with van der Waals surface area (Å²) in [5.74, 6) is 0. The number of hydrogen-bond donors (Lipinski definition) is 1. The predicted molar refractivity (Wildman–Crippen MR) is 103 cm³/mol. The van der Waals surface area contributed by atoms with Crippen molar-refractivity contribution in [2.24, 2.45) is 5.41 Å². The SMILES string of the molecule is C=C(/C=C\C(=C)C1(C)CCCC1)NC(=O)N1Cc2ccc(C)cc2C1. The predicted octanol–water partition coefficient (Wildman–Crippen LogP) is 5.23. The molecule has 1 saturated carbocycles. The molecule has 0 atom stereocenters. The van der Waals surface area contributed by atoms with Crippen molar-refractivity contribution in [3.8, 4) is 0 Å². The van der Waals surface area contributed by atoms with Crippen LogP contribution in [0.1, 0.15) is 49.3 Å². The Kier molecular flexibility index (Phi) is 4.85. The normalized spacial score (nSPS) is 18.4. The first-order valence-electron chi connectivity index (χ1n) is 9.08. The molecule has 1 aromatic rings. The fourth-order valence-corrected chi connectivity index (χ4v) is 3.80. The zero-order chi connectivity index (χ0) is 18.0. The number of fused-ring (bicyclic) bond motifs is 1. The van der Waals surface area contributed by atoms with Gasteiger partial charge in [-0.25, -0.2) is 4.79 Å². The maximum absolute atomic E-state index is 12.5. The van der Waals surface area contributed by atoms with E-state index >= 15 is 0 Å². The molecule has 3 rings (SSSR count). The molecule has 1 fully saturated rings. The molecule has 1 aromatic carbocycles. The zero-order valence-corrected chi connectivity index (χ0v) is 15.4. The summed E-state index contributed by atoms with van der Waals surface area (Å²) in [6, 6.07) is 6.26. The van der Waals surface area contributed by atoms with Crippen LogP contribution in [0.2, 0.25) is 0 Å². The van der Waals surface area contributed by atoms with E-state index in [9.17, 15) is 4.79 Å². The van der Waals surface area contributed by atoms with E-state index in [0.717, 1.165) is 5.57 Å². The van der Waals surface area contributed by atoms with Crippen molar-refractivity contribution >= 4 is 6.03 Å². The first-order valence-corrected chi connectivity index (χ1v) is 9.08. The molecule has 0 unspecified atom stereocenters. The average molecular weight is 336 g/mol. The van der Waals surface area contributed by atoms with Crippen LogP contribution in [-0.4, -0.2) is 10.9 Å². The third kappa shape index (κ3) is 3.87. The van der Waals surface area contributed by atoms with Crippen LogP contribution in [0.3, 0.4) is 0 Å². The minimum atomic E-state index is -0.0961. The highest BCUT2D eigenvalue weighted by Gasteiger charge is 2.30. The van der Waals surface area contributed by atoms with E-state index in [1.807, 2.05) is 17.1 Å².